The van der Waals surface area contributed by atoms with Gasteiger partial charge in [0, 0.05) is 17.8 Å². The van der Waals surface area contributed by atoms with Gasteiger partial charge in [-0.05, 0) is 64.2 Å². The third kappa shape index (κ3) is 3.25. The van der Waals surface area contributed by atoms with Gasteiger partial charge in [-0.3, -0.25) is 4.90 Å². The lowest BCUT2D eigenvalue weighted by molar-refractivity contribution is 0.0175. The molecule has 3 heterocycles. The van der Waals surface area contributed by atoms with Crippen molar-refractivity contribution in [1.29, 1.82) is 0 Å². The molecule has 3 rings (SSSR count). The van der Waals surface area contributed by atoms with Crippen LogP contribution >= 0.6 is 0 Å². The predicted molar refractivity (Wildman–Crippen MR) is 93.0 cm³/mol. The molecular weight excluding hydrogens is 304 g/mol. The summed E-state index contributed by atoms with van der Waals surface area (Å²) in [6.45, 7) is 7.72. The standard InChI is InChI=1S/C19H26N2O3/c1-12-8-14(11-20-17(12)23-5)13-9-15-6-7-16(10-13)21(15)18(22)24-19(2,3)4/h8-9,11,15-16H,6-7,10H2,1-5H3. The second kappa shape index (κ2) is 6.11. The van der Waals surface area contributed by atoms with Gasteiger partial charge in [0.05, 0.1) is 13.2 Å². The highest BCUT2D eigenvalue weighted by Crippen LogP contribution is 2.39. The highest BCUT2D eigenvalue weighted by molar-refractivity contribution is 5.75. The molecule has 0 aromatic carbocycles. The lowest BCUT2D eigenvalue weighted by Crippen LogP contribution is -2.45. The van der Waals surface area contributed by atoms with Gasteiger partial charge in [0.2, 0.25) is 5.88 Å². The van der Waals surface area contributed by atoms with Crippen LogP contribution in [0.5, 0.6) is 5.88 Å². The zero-order valence-electron chi connectivity index (χ0n) is 15.1. The summed E-state index contributed by atoms with van der Waals surface area (Å²) in [6.07, 6.45) is 6.73. The van der Waals surface area contributed by atoms with Crippen molar-refractivity contribution in [2.24, 2.45) is 0 Å². The lowest BCUT2D eigenvalue weighted by atomic mass is 9.95. The van der Waals surface area contributed by atoms with Crippen molar-refractivity contribution in [1.82, 2.24) is 9.88 Å². The van der Waals surface area contributed by atoms with Crippen molar-refractivity contribution >= 4 is 11.7 Å². The molecule has 24 heavy (non-hydrogen) atoms. The third-order valence-electron chi connectivity index (χ3n) is 4.59. The molecule has 2 bridgehead atoms. The van der Waals surface area contributed by atoms with Crippen LogP contribution in [0.3, 0.4) is 0 Å². The van der Waals surface area contributed by atoms with E-state index in [0.717, 1.165) is 30.4 Å². The topological polar surface area (TPSA) is 51.7 Å². The van der Waals surface area contributed by atoms with E-state index in [1.165, 1.54) is 5.57 Å². The molecule has 0 N–H and O–H groups in total. The first-order valence-corrected chi connectivity index (χ1v) is 8.51. The molecule has 5 heteroatoms. The maximum absolute atomic E-state index is 12.5. The van der Waals surface area contributed by atoms with E-state index in [9.17, 15) is 4.79 Å². The molecule has 5 nitrogen and oxygen atoms in total. The SMILES string of the molecule is COc1ncc(C2=CC3CCC(C2)N3C(=O)OC(C)(C)C)cc1C. The van der Waals surface area contributed by atoms with Gasteiger partial charge < -0.3 is 9.47 Å². The molecule has 0 aliphatic carbocycles. The molecular formula is C19H26N2O3. The minimum atomic E-state index is -0.461. The monoisotopic (exact) mass is 330 g/mol. The fourth-order valence-corrected chi connectivity index (χ4v) is 3.59. The maximum Gasteiger partial charge on any atom is 0.411 e. The van der Waals surface area contributed by atoms with Crippen LogP contribution in [0.1, 0.15) is 51.2 Å². The van der Waals surface area contributed by atoms with E-state index >= 15 is 0 Å². The fraction of sp³-hybridized carbons (Fsp3) is 0.579. The van der Waals surface area contributed by atoms with Crippen molar-refractivity contribution in [3.63, 3.8) is 0 Å². The van der Waals surface area contributed by atoms with Gasteiger partial charge >= 0.3 is 6.09 Å². The first kappa shape index (κ1) is 16.8. The van der Waals surface area contributed by atoms with Crippen molar-refractivity contribution < 1.29 is 14.3 Å². The van der Waals surface area contributed by atoms with Crippen molar-refractivity contribution in [3.05, 3.63) is 29.5 Å². The number of rotatable bonds is 2. The number of hydrogen-bond donors (Lipinski definition) is 0. The van der Waals surface area contributed by atoms with E-state index in [2.05, 4.69) is 17.1 Å². The Bertz CT molecular complexity index is 676. The molecule has 1 aromatic heterocycles. The van der Waals surface area contributed by atoms with Gasteiger partial charge in [0.1, 0.15) is 5.60 Å². The average Bonchev–Trinajstić information content (AvgIpc) is 2.76. The summed E-state index contributed by atoms with van der Waals surface area (Å²) in [4.78, 5) is 18.8. The van der Waals surface area contributed by atoms with Crippen LogP contribution in [-0.4, -0.2) is 40.8 Å². The van der Waals surface area contributed by atoms with Crippen LogP contribution in [0.2, 0.25) is 0 Å². The summed E-state index contributed by atoms with van der Waals surface area (Å²) in [6, 6.07) is 2.45. The number of aromatic nitrogens is 1. The van der Waals surface area contributed by atoms with Crippen LogP contribution in [0, 0.1) is 6.92 Å². The summed E-state index contributed by atoms with van der Waals surface area (Å²) in [5.41, 5.74) is 2.95. The van der Waals surface area contributed by atoms with E-state index in [4.69, 9.17) is 9.47 Å². The third-order valence-corrected chi connectivity index (χ3v) is 4.59. The Morgan fingerprint density at radius 2 is 2.08 bits per heavy atom. The molecule has 0 spiro atoms. The number of carbonyl (C=O) groups excluding carboxylic acids is 1. The molecule has 2 aliphatic heterocycles. The summed E-state index contributed by atoms with van der Waals surface area (Å²) >= 11 is 0. The first-order valence-electron chi connectivity index (χ1n) is 8.51. The van der Waals surface area contributed by atoms with Crippen LogP contribution in [0.15, 0.2) is 18.3 Å². The van der Waals surface area contributed by atoms with Gasteiger partial charge in [-0.15, -0.1) is 0 Å². The van der Waals surface area contributed by atoms with E-state index in [0.29, 0.717) is 5.88 Å². The number of pyridine rings is 1. The molecule has 1 fully saturated rings. The first-order chi connectivity index (χ1) is 11.3. The lowest BCUT2D eigenvalue weighted by Gasteiger charge is -2.35. The van der Waals surface area contributed by atoms with E-state index in [-0.39, 0.29) is 18.2 Å². The molecule has 1 amide bonds. The van der Waals surface area contributed by atoms with E-state index in [1.807, 2.05) is 38.8 Å². The Morgan fingerprint density at radius 1 is 1.33 bits per heavy atom. The highest BCUT2D eigenvalue weighted by atomic mass is 16.6. The Morgan fingerprint density at radius 3 is 2.67 bits per heavy atom. The van der Waals surface area contributed by atoms with Crippen LogP contribution in [0.4, 0.5) is 4.79 Å². The number of ether oxygens (including phenoxy) is 2. The maximum atomic E-state index is 12.5. The number of fused-ring (bicyclic) bond motifs is 2. The minimum Gasteiger partial charge on any atom is -0.481 e. The number of carbonyl (C=O) groups is 1. The molecule has 2 atom stereocenters. The van der Waals surface area contributed by atoms with Gasteiger partial charge in [0.25, 0.3) is 0 Å². The molecule has 0 radical (unpaired) electrons. The summed E-state index contributed by atoms with van der Waals surface area (Å²) < 4.78 is 10.8. The zero-order valence-corrected chi connectivity index (χ0v) is 15.1. The predicted octanol–water partition coefficient (Wildman–Crippen LogP) is 3.95. The van der Waals surface area contributed by atoms with Crippen LogP contribution < -0.4 is 4.74 Å². The van der Waals surface area contributed by atoms with Gasteiger partial charge in [-0.1, -0.05) is 6.08 Å². The number of methoxy groups -OCH3 is 1. The van der Waals surface area contributed by atoms with Gasteiger partial charge in [-0.25, -0.2) is 9.78 Å². The van der Waals surface area contributed by atoms with Crippen molar-refractivity contribution in [2.45, 2.75) is 64.6 Å². The Kier molecular flexibility index (Phi) is 4.28. The molecule has 2 aliphatic rings. The molecule has 2 unspecified atom stereocenters. The quantitative estimate of drug-likeness (QED) is 0.824. The molecule has 1 saturated heterocycles. The Balaban J connectivity index is 1.82. The Labute approximate surface area is 143 Å². The fourth-order valence-electron chi connectivity index (χ4n) is 3.59. The van der Waals surface area contributed by atoms with Crippen LogP contribution in [-0.2, 0) is 4.74 Å². The van der Waals surface area contributed by atoms with Gasteiger partial charge in [0.15, 0.2) is 0 Å². The highest BCUT2D eigenvalue weighted by Gasteiger charge is 2.41. The largest absolute Gasteiger partial charge is 0.481 e. The molecule has 130 valence electrons. The summed E-state index contributed by atoms with van der Waals surface area (Å²) in [5.74, 6) is 0.661. The smallest absolute Gasteiger partial charge is 0.411 e. The number of nitrogens with zero attached hydrogens (tertiary/aromatic N) is 2. The molecule has 1 aromatic rings. The summed E-state index contributed by atoms with van der Waals surface area (Å²) in [5, 5.41) is 0. The second-order valence-electron chi connectivity index (χ2n) is 7.63. The molecule has 0 saturated carbocycles. The van der Waals surface area contributed by atoms with Crippen LogP contribution in [0.25, 0.3) is 5.57 Å². The normalized spacial score (nSPS) is 23.0. The number of aryl methyl sites for hydroxylation is 1. The van der Waals surface area contributed by atoms with E-state index in [1.54, 1.807) is 7.11 Å². The second-order valence-corrected chi connectivity index (χ2v) is 7.63. The van der Waals surface area contributed by atoms with E-state index < -0.39 is 5.60 Å². The van der Waals surface area contributed by atoms with Crippen molar-refractivity contribution in [2.75, 3.05) is 7.11 Å². The van der Waals surface area contributed by atoms with Gasteiger partial charge in [-0.2, -0.15) is 0 Å². The Hall–Kier alpha value is -2.04. The zero-order chi connectivity index (χ0) is 17.5. The average molecular weight is 330 g/mol. The van der Waals surface area contributed by atoms with Crippen molar-refractivity contribution in [3.8, 4) is 5.88 Å². The minimum absolute atomic E-state index is 0.121. The number of amides is 1. The summed E-state index contributed by atoms with van der Waals surface area (Å²) in [7, 11) is 1.63. The number of hydrogen-bond acceptors (Lipinski definition) is 4.